The molecule has 1 aromatic carbocycles. The van der Waals surface area contributed by atoms with Gasteiger partial charge >= 0.3 is 0 Å². The molecule has 1 aromatic heterocycles. The summed E-state index contributed by atoms with van der Waals surface area (Å²) in [5.74, 6) is 0.432. The first kappa shape index (κ1) is 18.1. The average molecular weight is 374 g/mol. The number of halogens is 1. The molecule has 2 heterocycles. The number of aromatic nitrogens is 2. The Morgan fingerprint density at radius 1 is 1.15 bits per heavy atom. The van der Waals surface area contributed by atoms with Crippen LogP contribution in [0.3, 0.4) is 0 Å². The predicted molar refractivity (Wildman–Crippen MR) is 101 cm³/mol. The number of hydrogen-bond acceptors (Lipinski definition) is 5. The number of carbonyl (C=O) groups excluding carboxylic acids is 2. The number of nitrogens with one attached hydrogen (secondary N) is 1. The molecule has 2 amide bonds. The monoisotopic (exact) mass is 373 g/mol. The highest BCUT2D eigenvalue weighted by Crippen LogP contribution is 2.23. The standard InChI is InChI=1S/C18H20ClN5O2/c1-12-14(19)4-3-5-15(12)22-18(26)16-10-17(21-11-20-16)24-8-6-23(7-9-24)13(2)25/h3-5,10-11H,6-9H2,1-2H3,(H,22,26). The molecular weight excluding hydrogens is 354 g/mol. The second-order valence-corrected chi connectivity index (χ2v) is 6.53. The van der Waals surface area contributed by atoms with Gasteiger partial charge in [-0.1, -0.05) is 17.7 Å². The van der Waals surface area contributed by atoms with Gasteiger partial charge in [-0.15, -0.1) is 0 Å². The van der Waals surface area contributed by atoms with Crippen molar-refractivity contribution in [1.82, 2.24) is 14.9 Å². The van der Waals surface area contributed by atoms with Gasteiger partial charge in [0.1, 0.15) is 17.8 Å². The molecule has 0 radical (unpaired) electrons. The highest BCUT2D eigenvalue weighted by molar-refractivity contribution is 6.31. The fraction of sp³-hybridized carbons (Fsp3) is 0.333. The Kier molecular flexibility index (Phi) is 5.37. The van der Waals surface area contributed by atoms with Gasteiger partial charge in [-0.2, -0.15) is 0 Å². The van der Waals surface area contributed by atoms with E-state index >= 15 is 0 Å². The second-order valence-electron chi connectivity index (χ2n) is 6.12. The van der Waals surface area contributed by atoms with Crippen molar-refractivity contribution in [2.45, 2.75) is 13.8 Å². The van der Waals surface area contributed by atoms with E-state index in [1.165, 1.54) is 6.33 Å². The van der Waals surface area contributed by atoms with E-state index in [-0.39, 0.29) is 17.5 Å². The fourth-order valence-electron chi connectivity index (χ4n) is 2.82. The normalized spacial score (nSPS) is 14.3. The van der Waals surface area contributed by atoms with Crippen LogP contribution in [0.1, 0.15) is 23.0 Å². The maximum absolute atomic E-state index is 12.5. The summed E-state index contributed by atoms with van der Waals surface area (Å²) in [7, 11) is 0. The number of amides is 2. The van der Waals surface area contributed by atoms with Crippen LogP contribution in [0.2, 0.25) is 5.02 Å². The summed E-state index contributed by atoms with van der Waals surface area (Å²) in [4.78, 5) is 36.2. The first-order valence-corrected chi connectivity index (χ1v) is 8.72. The molecule has 0 spiro atoms. The van der Waals surface area contributed by atoms with Crippen molar-refractivity contribution in [3.63, 3.8) is 0 Å². The Hall–Kier alpha value is -2.67. The summed E-state index contributed by atoms with van der Waals surface area (Å²) in [5.41, 5.74) is 1.73. The molecule has 0 atom stereocenters. The first-order valence-electron chi connectivity index (χ1n) is 8.34. The lowest BCUT2D eigenvalue weighted by Gasteiger charge is -2.34. The summed E-state index contributed by atoms with van der Waals surface area (Å²) in [6.07, 6.45) is 1.38. The molecule has 0 unspecified atom stereocenters. The van der Waals surface area contributed by atoms with Crippen LogP contribution < -0.4 is 10.2 Å². The van der Waals surface area contributed by atoms with E-state index in [1.807, 2.05) is 11.8 Å². The number of nitrogens with zero attached hydrogens (tertiary/aromatic N) is 4. The van der Waals surface area contributed by atoms with Crippen molar-refractivity contribution < 1.29 is 9.59 Å². The summed E-state index contributed by atoms with van der Waals surface area (Å²) < 4.78 is 0. The van der Waals surface area contributed by atoms with E-state index in [2.05, 4.69) is 15.3 Å². The third-order valence-electron chi connectivity index (χ3n) is 4.45. The van der Waals surface area contributed by atoms with Crippen LogP contribution in [0, 0.1) is 6.92 Å². The molecule has 8 heteroatoms. The van der Waals surface area contributed by atoms with Gasteiger partial charge in [0.2, 0.25) is 5.91 Å². The van der Waals surface area contributed by atoms with Gasteiger partial charge in [-0.05, 0) is 24.6 Å². The molecular formula is C18H20ClN5O2. The van der Waals surface area contributed by atoms with Crippen LogP contribution in [0.4, 0.5) is 11.5 Å². The minimum absolute atomic E-state index is 0.0734. The van der Waals surface area contributed by atoms with E-state index in [0.29, 0.717) is 42.7 Å². The van der Waals surface area contributed by atoms with Gasteiger partial charge in [-0.3, -0.25) is 9.59 Å². The molecule has 1 fully saturated rings. The lowest BCUT2D eigenvalue weighted by Crippen LogP contribution is -2.48. The number of anilines is 2. The van der Waals surface area contributed by atoms with Gasteiger partial charge < -0.3 is 15.1 Å². The minimum Gasteiger partial charge on any atom is -0.353 e. The highest BCUT2D eigenvalue weighted by Gasteiger charge is 2.21. The molecule has 0 bridgehead atoms. The maximum Gasteiger partial charge on any atom is 0.274 e. The topological polar surface area (TPSA) is 78.4 Å². The number of carbonyl (C=O) groups is 2. The average Bonchev–Trinajstić information content (AvgIpc) is 2.65. The molecule has 1 saturated heterocycles. The first-order chi connectivity index (χ1) is 12.5. The fourth-order valence-corrected chi connectivity index (χ4v) is 3.00. The Labute approximate surface area is 157 Å². The molecule has 2 aromatic rings. The Bertz CT molecular complexity index is 834. The summed E-state index contributed by atoms with van der Waals surface area (Å²) >= 11 is 6.09. The molecule has 1 aliphatic rings. The van der Waals surface area contributed by atoms with Gasteiger partial charge in [0.15, 0.2) is 0 Å². The van der Waals surface area contributed by atoms with Crippen LogP contribution in [-0.4, -0.2) is 52.9 Å². The summed E-state index contributed by atoms with van der Waals surface area (Å²) in [6.45, 7) is 6.04. The smallest absolute Gasteiger partial charge is 0.274 e. The van der Waals surface area contributed by atoms with Crippen molar-refractivity contribution in [1.29, 1.82) is 0 Å². The largest absolute Gasteiger partial charge is 0.353 e. The van der Waals surface area contributed by atoms with Crippen molar-refractivity contribution >= 4 is 34.9 Å². The van der Waals surface area contributed by atoms with Crippen LogP contribution in [0.5, 0.6) is 0 Å². The number of hydrogen-bond donors (Lipinski definition) is 1. The highest BCUT2D eigenvalue weighted by atomic mass is 35.5. The molecule has 3 rings (SSSR count). The van der Waals surface area contributed by atoms with Gasteiger partial charge in [0.05, 0.1) is 0 Å². The maximum atomic E-state index is 12.5. The van der Waals surface area contributed by atoms with Crippen molar-refractivity contribution in [3.05, 3.63) is 46.9 Å². The van der Waals surface area contributed by atoms with Crippen LogP contribution in [-0.2, 0) is 4.79 Å². The zero-order valence-electron chi connectivity index (χ0n) is 14.7. The van der Waals surface area contributed by atoms with Crippen LogP contribution >= 0.6 is 11.6 Å². The number of rotatable bonds is 3. The lowest BCUT2D eigenvalue weighted by molar-refractivity contribution is -0.129. The molecule has 1 N–H and O–H groups in total. The van der Waals surface area contributed by atoms with Crippen LogP contribution in [0.15, 0.2) is 30.6 Å². The molecule has 26 heavy (non-hydrogen) atoms. The summed E-state index contributed by atoms with van der Waals surface area (Å²) in [5, 5.41) is 3.43. The molecule has 7 nitrogen and oxygen atoms in total. The number of piperazine rings is 1. The molecule has 136 valence electrons. The second kappa shape index (κ2) is 7.70. The van der Waals surface area contributed by atoms with Crippen LogP contribution in [0.25, 0.3) is 0 Å². The zero-order valence-corrected chi connectivity index (χ0v) is 15.5. The Morgan fingerprint density at radius 2 is 1.88 bits per heavy atom. The Balaban J connectivity index is 1.72. The predicted octanol–water partition coefficient (Wildman–Crippen LogP) is 2.36. The van der Waals surface area contributed by atoms with Crippen molar-refractivity contribution in [3.8, 4) is 0 Å². The minimum atomic E-state index is -0.318. The SMILES string of the molecule is CC(=O)N1CCN(c2cc(C(=O)Nc3cccc(Cl)c3C)ncn2)CC1. The van der Waals surface area contributed by atoms with E-state index < -0.39 is 0 Å². The van der Waals surface area contributed by atoms with E-state index in [1.54, 1.807) is 36.1 Å². The third-order valence-corrected chi connectivity index (χ3v) is 4.86. The van der Waals surface area contributed by atoms with Crippen molar-refractivity contribution in [2.75, 3.05) is 36.4 Å². The van der Waals surface area contributed by atoms with Gasteiger partial charge in [0.25, 0.3) is 5.91 Å². The quantitative estimate of drug-likeness (QED) is 0.893. The molecule has 0 saturated carbocycles. The zero-order chi connectivity index (χ0) is 18.7. The van der Waals surface area contributed by atoms with E-state index in [9.17, 15) is 9.59 Å². The van der Waals surface area contributed by atoms with E-state index in [4.69, 9.17) is 11.6 Å². The van der Waals surface area contributed by atoms with Gasteiger partial charge in [0, 0.05) is 49.9 Å². The van der Waals surface area contributed by atoms with Gasteiger partial charge in [-0.25, -0.2) is 9.97 Å². The molecule has 0 aliphatic carbocycles. The van der Waals surface area contributed by atoms with E-state index in [0.717, 1.165) is 5.56 Å². The third kappa shape index (κ3) is 3.94. The molecule has 1 aliphatic heterocycles. The van der Waals surface area contributed by atoms with Crippen molar-refractivity contribution in [2.24, 2.45) is 0 Å². The Morgan fingerprint density at radius 3 is 2.58 bits per heavy atom. The lowest BCUT2D eigenvalue weighted by atomic mass is 10.2. The number of benzene rings is 1. The summed E-state index contributed by atoms with van der Waals surface area (Å²) in [6, 6.07) is 7.02.